The molecule has 2 N–H and O–H groups in total. The second-order valence-corrected chi connectivity index (χ2v) is 7.86. The van der Waals surface area contributed by atoms with Gasteiger partial charge in [-0.25, -0.2) is 9.97 Å². The van der Waals surface area contributed by atoms with Crippen LogP contribution in [0.5, 0.6) is 0 Å². The summed E-state index contributed by atoms with van der Waals surface area (Å²) in [6.07, 6.45) is 14.5. The molecule has 1 aromatic carbocycles. The molecule has 2 aromatic heterocycles. The number of nitrogens with zero attached hydrogens (tertiary/aromatic N) is 3. The van der Waals surface area contributed by atoms with Crippen LogP contribution in [-0.4, -0.2) is 34.7 Å². The molecule has 152 valence electrons. The molecule has 0 radical (unpaired) electrons. The van der Waals surface area contributed by atoms with Crippen molar-refractivity contribution >= 4 is 16.9 Å². The number of allylic oxidation sites excluding steroid dienone is 1. The minimum atomic E-state index is 0.533. The van der Waals surface area contributed by atoms with Crippen molar-refractivity contribution in [2.75, 3.05) is 25.5 Å². The van der Waals surface area contributed by atoms with E-state index in [-0.39, 0.29) is 0 Å². The first-order valence-corrected chi connectivity index (χ1v) is 10.8. The molecule has 1 saturated carbocycles. The summed E-state index contributed by atoms with van der Waals surface area (Å²) in [4.78, 5) is 8.85. The Hall–Kier alpha value is -2.66. The number of hydrogen-bond donors (Lipinski definition) is 2. The van der Waals surface area contributed by atoms with E-state index in [1.807, 2.05) is 7.05 Å². The molecular formula is C24H31N5. The fourth-order valence-electron chi connectivity index (χ4n) is 4.36. The van der Waals surface area contributed by atoms with Crippen LogP contribution in [0.2, 0.25) is 0 Å². The van der Waals surface area contributed by atoms with Gasteiger partial charge in [0.2, 0.25) is 0 Å². The minimum absolute atomic E-state index is 0.533. The van der Waals surface area contributed by atoms with Gasteiger partial charge in [-0.1, -0.05) is 42.5 Å². The van der Waals surface area contributed by atoms with Gasteiger partial charge >= 0.3 is 0 Å². The summed E-state index contributed by atoms with van der Waals surface area (Å²) in [6, 6.07) is 13.3. The summed E-state index contributed by atoms with van der Waals surface area (Å²) < 4.78 is 2.34. The van der Waals surface area contributed by atoms with Gasteiger partial charge in [0.05, 0.1) is 5.39 Å². The molecular weight excluding hydrogens is 358 g/mol. The van der Waals surface area contributed by atoms with Crippen molar-refractivity contribution < 1.29 is 0 Å². The quantitative estimate of drug-likeness (QED) is 0.415. The third-order valence-electron chi connectivity index (χ3n) is 5.91. The first-order chi connectivity index (χ1) is 14.3. The van der Waals surface area contributed by atoms with Crippen molar-refractivity contribution in [2.45, 2.75) is 38.1 Å². The highest BCUT2D eigenvalue weighted by Gasteiger charge is 2.25. The van der Waals surface area contributed by atoms with E-state index in [1.165, 1.54) is 24.8 Å². The third kappa shape index (κ3) is 4.85. The number of aromatic nitrogens is 3. The summed E-state index contributed by atoms with van der Waals surface area (Å²) in [7, 11) is 1.91. The van der Waals surface area contributed by atoms with Gasteiger partial charge in [-0.3, -0.25) is 0 Å². The molecule has 4 rings (SSSR count). The van der Waals surface area contributed by atoms with E-state index in [0.717, 1.165) is 42.8 Å². The van der Waals surface area contributed by atoms with Gasteiger partial charge in [-0.05, 0) is 62.7 Å². The Morgan fingerprint density at radius 3 is 2.86 bits per heavy atom. The molecule has 0 aliphatic heterocycles. The van der Waals surface area contributed by atoms with Crippen molar-refractivity contribution in [1.82, 2.24) is 19.9 Å². The molecule has 3 aromatic rings. The van der Waals surface area contributed by atoms with Crippen molar-refractivity contribution in [3.63, 3.8) is 0 Å². The number of rotatable bonds is 9. The molecule has 2 unspecified atom stereocenters. The lowest BCUT2D eigenvalue weighted by atomic mass is 10.1. The Balaban J connectivity index is 1.21. The maximum absolute atomic E-state index is 4.53. The van der Waals surface area contributed by atoms with Crippen LogP contribution in [0.25, 0.3) is 11.0 Å². The van der Waals surface area contributed by atoms with E-state index < -0.39 is 0 Å². The van der Waals surface area contributed by atoms with Crippen LogP contribution in [0, 0.1) is 5.92 Å². The molecule has 0 spiro atoms. The molecule has 1 aliphatic rings. The Bertz CT molecular complexity index is 931. The molecule has 5 heteroatoms. The van der Waals surface area contributed by atoms with Gasteiger partial charge in [0, 0.05) is 19.3 Å². The van der Waals surface area contributed by atoms with Crippen LogP contribution in [0.3, 0.4) is 0 Å². The zero-order valence-electron chi connectivity index (χ0n) is 17.2. The standard InChI is InChI=1S/C24H31N5/c1-25-23-22-13-16-29(24(22)28-18-27-23)21-11-10-20(17-21)9-5-6-14-26-15-12-19-7-3-2-4-8-19/h2-5,7-9,13,16,18,20-21,26H,6,10-12,14-15,17H2,1H3,(H,25,27,28)/b9-5+. The normalized spacial score (nSPS) is 19.3. The fourth-order valence-corrected chi connectivity index (χ4v) is 4.36. The SMILES string of the molecule is CNc1ncnc2c1ccn2C1CCC(/C=C/CCNCCc2ccccc2)C1. The van der Waals surface area contributed by atoms with Crippen LogP contribution >= 0.6 is 0 Å². The van der Waals surface area contributed by atoms with Crippen LogP contribution in [0.15, 0.2) is 61.1 Å². The highest BCUT2D eigenvalue weighted by Crippen LogP contribution is 2.37. The monoisotopic (exact) mass is 389 g/mol. The van der Waals surface area contributed by atoms with E-state index >= 15 is 0 Å². The number of anilines is 1. The molecule has 1 aliphatic carbocycles. The maximum atomic E-state index is 4.53. The third-order valence-corrected chi connectivity index (χ3v) is 5.91. The van der Waals surface area contributed by atoms with E-state index in [2.05, 4.69) is 79.9 Å². The molecule has 1 fully saturated rings. The van der Waals surface area contributed by atoms with E-state index in [1.54, 1.807) is 6.33 Å². The maximum Gasteiger partial charge on any atom is 0.145 e. The minimum Gasteiger partial charge on any atom is -0.372 e. The molecule has 0 saturated heterocycles. The zero-order valence-corrected chi connectivity index (χ0v) is 17.2. The lowest BCUT2D eigenvalue weighted by molar-refractivity contribution is 0.518. The Kier molecular flexibility index (Phi) is 6.57. The van der Waals surface area contributed by atoms with Gasteiger partial charge in [0.15, 0.2) is 0 Å². The van der Waals surface area contributed by atoms with Crippen LogP contribution in [-0.2, 0) is 6.42 Å². The summed E-state index contributed by atoms with van der Waals surface area (Å²) in [6.45, 7) is 2.09. The molecule has 2 heterocycles. The smallest absolute Gasteiger partial charge is 0.145 e. The molecule has 29 heavy (non-hydrogen) atoms. The summed E-state index contributed by atoms with van der Waals surface area (Å²) >= 11 is 0. The predicted molar refractivity (Wildman–Crippen MR) is 120 cm³/mol. The Morgan fingerprint density at radius 2 is 2.00 bits per heavy atom. The molecule has 0 amide bonds. The molecule has 0 bridgehead atoms. The number of nitrogens with one attached hydrogen (secondary N) is 2. The zero-order chi connectivity index (χ0) is 19.9. The second-order valence-electron chi connectivity index (χ2n) is 7.86. The first kappa shape index (κ1) is 19.6. The van der Waals surface area contributed by atoms with Crippen molar-refractivity contribution in [2.24, 2.45) is 5.92 Å². The Labute approximate surface area is 173 Å². The van der Waals surface area contributed by atoms with Crippen molar-refractivity contribution in [3.8, 4) is 0 Å². The summed E-state index contributed by atoms with van der Waals surface area (Å²) in [5.74, 6) is 1.58. The Morgan fingerprint density at radius 1 is 1.10 bits per heavy atom. The first-order valence-electron chi connectivity index (χ1n) is 10.8. The summed E-state index contributed by atoms with van der Waals surface area (Å²) in [5.41, 5.74) is 2.44. The van der Waals surface area contributed by atoms with Gasteiger partial charge in [0.25, 0.3) is 0 Å². The van der Waals surface area contributed by atoms with Gasteiger partial charge < -0.3 is 15.2 Å². The number of fused-ring (bicyclic) bond motifs is 1. The molecule has 5 nitrogen and oxygen atoms in total. The average molecular weight is 390 g/mol. The number of hydrogen-bond acceptors (Lipinski definition) is 4. The second kappa shape index (κ2) is 9.70. The summed E-state index contributed by atoms with van der Waals surface area (Å²) in [5, 5.41) is 7.81. The predicted octanol–water partition coefficient (Wildman–Crippen LogP) is 4.59. The average Bonchev–Trinajstić information content (AvgIpc) is 3.40. The van der Waals surface area contributed by atoms with Crippen LogP contribution in [0.1, 0.15) is 37.3 Å². The van der Waals surface area contributed by atoms with E-state index in [0.29, 0.717) is 12.0 Å². The van der Waals surface area contributed by atoms with Crippen LogP contribution in [0.4, 0.5) is 5.82 Å². The van der Waals surface area contributed by atoms with Gasteiger partial charge in [-0.15, -0.1) is 0 Å². The largest absolute Gasteiger partial charge is 0.372 e. The highest BCUT2D eigenvalue weighted by molar-refractivity contribution is 5.87. The fraction of sp³-hybridized carbons (Fsp3) is 0.417. The van der Waals surface area contributed by atoms with Crippen LogP contribution < -0.4 is 10.6 Å². The highest BCUT2D eigenvalue weighted by atomic mass is 15.1. The topological polar surface area (TPSA) is 54.8 Å². The lowest BCUT2D eigenvalue weighted by Crippen LogP contribution is -2.18. The van der Waals surface area contributed by atoms with E-state index in [9.17, 15) is 0 Å². The van der Waals surface area contributed by atoms with Gasteiger partial charge in [-0.2, -0.15) is 0 Å². The van der Waals surface area contributed by atoms with Gasteiger partial charge in [0.1, 0.15) is 17.8 Å². The van der Waals surface area contributed by atoms with E-state index in [4.69, 9.17) is 0 Å². The lowest BCUT2D eigenvalue weighted by Gasteiger charge is -2.13. The van der Waals surface area contributed by atoms with Crippen molar-refractivity contribution in [3.05, 3.63) is 66.6 Å². The molecule has 2 atom stereocenters. The van der Waals surface area contributed by atoms with Crippen molar-refractivity contribution in [1.29, 1.82) is 0 Å². The number of benzene rings is 1.